The molecule has 116 valence electrons. The number of carbonyl (C=O) groups is 2. The number of thiophene rings is 1. The number of nitrogens with one attached hydrogen (secondary N) is 1. The van der Waals surface area contributed by atoms with Gasteiger partial charge in [-0.3, -0.25) is 4.79 Å². The first kappa shape index (κ1) is 15.9. The average molecular weight is 332 g/mol. The lowest BCUT2D eigenvalue weighted by atomic mass is 10.2. The number of aryl methyl sites for hydroxylation is 1. The molecule has 2 N–H and O–H groups in total. The highest BCUT2D eigenvalue weighted by Gasteiger charge is 2.41. The van der Waals surface area contributed by atoms with Crippen molar-refractivity contribution in [2.45, 2.75) is 30.7 Å². The van der Waals surface area contributed by atoms with Crippen LogP contribution in [0.3, 0.4) is 0 Å². The monoisotopic (exact) mass is 332 g/mol. The van der Waals surface area contributed by atoms with Crippen molar-refractivity contribution in [2.75, 3.05) is 13.6 Å². The van der Waals surface area contributed by atoms with E-state index in [4.69, 9.17) is 5.11 Å². The molecule has 1 saturated heterocycles. The molecule has 1 amide bonds. The van der Waals surface area contributed by atoms with Crippen molar-refractivity contribution in [1.82, 2.24) is 9.62 Å². The predicted molar refractivity (Wildman–Crippen MR) is 77.0 cm³/mol. The molecule has 1 unspecified atom stereocenters. The van der Waals surface area contributed by atoms with Gasteiger partial charge < -0.3 is 10.4 Å². The van der Waals surface area contributed by atoms with E-state index in [9.17, 15) is 18.0 Å². The third-order valence-electron chi connectivity index (χ3n) is 3.43. The normalized spacial score (nSPS) is 19.6. The predicted octanol–water partition coefficient (Wildman–Crippen LogP) is 0.654. The summed E-state index contributed by atoms with van der Waals surface area (Å²) in [6, 6.07) is -0.777. The Hall–Kier alpha value is -1.45. The maximum atomic E-state index is 12.8. The molecule has 7 nitrogen and oxygen atoms in total. The molecular weight excluding hydrogens is 316 g/mol. The van der Waals surface area contributed by atoms with Crippen LogP contribution in [0.2, 0.25) is 0 Å². The van der Waals surface area contributed by atoms with Crippen molar-refractivity contribution >= 4 is 33.2 Å². The summed E-state index contributed by atoms with van der Waals surface area (Å²) in [7, 11) is -2.56. The molecule has 0 bridgehead atoms. The van der Waals surface area contributed by atoms with Crippen LogP contribution in [0.15, 0.2) is 10.3 Å². The first-order valence-electron chi connectivity index (χ1n) is 6.35. The van der Waals surface area contributed by atoms with Crippen molar-refractivity contribution in [1.29, 1.82) is 0 Å². The lowest BCUT2D eigenvalue weighted by Gasteiger charge is -2.23. The molecule has 1 aliphatic rings. The summed E-state index contributed by atoms with van der Waals surface area (Å²) in [4.78, 5) is 22.6. The van der Waals surface area contributed by atoms with Crippen molar-refractivity contribution in [3.8, 4) is 0 Å². The van der Waals surface area contributed by atoms with Gasteiger partial charge in [-0.25, -0.2) is 13.2 Å². The van der Waals surface area contributed by atoms with Gasteiger partial charge in [0.1, 0.15) is 15.8 Å². The van der Waals surface area contributed by atoms with Gasteiger partial charge in [0.2, 0.25) is 15.9 Å². The Morgan fingerprint density at radius 1 is 1.48 bits per heavy atom. The van der Waals surface area contributed by atoms with Crippen molar-refractivity contribution in [3.05, 3.63) is 15.8 Å². The van der Waals surface area contributed by atoms with Crippen LogP contribution < -0.4 is 5.32 Å². The second-order valence-corrected chi connectivity index (χ2v) is 7.48. The number of aromatic carboxylic acids is 1. The molecule has 9 heteroatoms. The molecule has 1 atom stereocenters. The van der Waals surface area contributed by atoms with Crippen LogP contribution in [0.4, 0.5) is 0 Å². The van der Waals surface area contributed by atoms with Crippen LogP contribution in [0.25, 0.3) is 0 Å². The number of hydrogen-bond acceptors (Lipinski definition) is 5. The van der Waals surface area contributed by atoms with Crippen LogP contribution in [0.5, 0.6) is 0 Å². The standard InChI is InChI=1S/C12H16N2O5S2/c1-7-6-20-9(12(16)17)10(7)21(18,19)14-5-3-4-8(14)11(15)13-2/h6,8H,3-5H2,1-2H3,(H,13,15)(H,16,17). The lowest BCUT2D eigenvalue weighted by molar-refractivity contribution is -0.123. The van der Waals surface area contributed by atoms with Gasteiger partial charge in [-0.1, -0.05) is 0 Å². The second-order valence-electron chi connectivity index (χ2n) is 4.77. The summed E-state index contributed by atoms with van der Waals surface area (Å²) in [6.45, 7) is 1.77. The Labute approximate surface area is 126 Å². The highest BCUT2D eigenvalue weighted by Crippen LogP contribution is 2.33. The number of carboxylic acid groups (broad SMARTS) is 1. The van der Waals surface area contributed by atoms with Gasteiger partial charge in [-0.05, 0) is 30.7 Å². The molecule has 1 aliphatic heterocycles. The maximum Gasteiger partial charge on any atom is 0.347 e. The van der Waals surface area contributed by atoms with E-state index in [1.807, 2.05) is 0 Å². The minimum atomic E-state index is -4.00. The van der Waals surface area contributed by atoms with E-state index < -0.39 is 22.0 Å². The van der Waals surface area contributed by atoms with Crippen molar-refractivity contribution in [3.63, 3.8) is 0 Å². The number of likely N-dealkylation sites (N-methyl/N-ethyl adjacent to an activating group) is 1. The molecule has 2 rings (SSSR count). The average Bonchev–Trinajstić information content (AvgIpc) is 3.04. The quantitative estimate of drug-likeness (QED) is 0.843. The van der Waals surface area contributed by atoms with E-state index in [0.717, 1.165) is 15.6 Å². The first-order chi connectivity index (χ1) is 9.80. The molecule has 0 radical (unpaired) electrons. The Morgan fingerprint density at radius 3 is 2.71 bits per heavy atom. The van der Waals surface area contributed by atoms with Crippen molar-refractivity contribution < 1.29 is 23.1 Å². The van der Waals surface area contributed by atoms with Gasteiger partial charge in [0.25, 0.3) is 0 Å². The highest BCUT2D eigenvalue weighted by molar-refractivity contribution is 7.89. The van der Waals surface area contributed by atoms with Crippen LogP contribution in [-0.4, -0.2) is 49.3 Å². The van der Waals surface area contributed by atoms with Gasteiger partial charge in [-0.2, -0.15) is 4.31 Å². The van der Waals surface area contributed by atoms with Crippen molar-refractivity contribution in [2.24, 2.45) is 0 Å². The molecule has 0 spiro atoms. The SMILES string of the molecule is CNC(=O)C1CCCN1S(=O)(=O)c1c(C)csc1C(=O)O. The third kappa shape index (κ3) is 2.68. The zero-order chi connectivity index (χ0) is 15.8. The molecule has 1 aromatic heterocycles. The zero-order valence-electron chi connectivity index (χ0n) is 11.6. The summed E-state index contributed by atoms with van der Waals surface area (Å²) < 4.78 is 26.6. The lowest BCUT2D eigenvalue weighted by Crippen LogP contribution is -2.45. The molecule has 1 fully saturated rings. The molecule has 0 aromatic carbocycles. The number of carboxylic acids is 1. The number of nitrogens with zero attached hydrogens (tertiary/aromatic N) is 1. The molecule has 1 aromatic rings. The number of carbonyl (C=O) groups excluding carboxylic acids is 1. The maximum absolute atomic E-state index is 12.8. The number of rotatable bonds is 4. The number of amides is 1. The topological polar surface area (TPSA) is 104 Å². The summed E-state index contributed by atoms with van der Waals surface area (Å²) in [5.74, 6) is -1.65. The minimum absolute atomic E-state index is 0.198. The van der Waals surface area contributed by atoms with E-state index in [2.05, 4.69) is 5.32 Å². The van der Waals surface area contributed by atoms with Crippen LogP contribution in [-0.2, 0) is 14.8 Å². The van der Waals surface area contributed by atoms with Gasteiger partial charge in [0, 0.05) is 13.6 Å². The summed E-state index contributed by atoms with van der Waals surface area (Å²) in [6.07, 6.45) is 1.01. The summed E-state index contributed by atoms with van der Waals surface area (Å²) in [5.41, 5.74) is 0.389. The van der Waals surface area contributed by atoms with Crippen LogP contribution >= 0.6 is 11.3 Å². The smallest absolute Gasteiger partial charge is 0.347 e. The summed E-state index contributed by atoms with van der Waals surface area (Å²) in [5, 5.41) is 13.1. The van der Waals surface area contributed by atoms with Gasteiger partial charge in [-0.15, -0.1) is 11.3 Å². The van der Waals surface area contributed by atoms with E-state index >= 15 is 0 Å². The van der Waals surface area contributed by atoms with Gasteiger partial charge >= 0.3 is 5.97 Å². The van der Waals surface area contributed by atoms with E-state index in [1.54, 1.807) is 6.92 Å². The molecular formula is C12H16N2O5S2. The highest BCUT2D eigenvalue weighted by atomic mass is 32.2. The van der Waals surface area contributed by atoms with Crippen LogP contribution in [0.1, 0.15) is 28.1 Å². The zero-order valence-corrected chi connectivity index (χ0v) is 13.3. The van der Waals surface area contributed by atoms with Crippen LogP contribution in [0, 0.1) is 6.92 Å². The summed E-state index contributed by atoms with van der Waals surface area (Å²) >= 11 is 0.879. The molecule has 0 saturated carbocycles. The fourth-order valence-electron chi connectivity index (χ4n) is 2.48. The Balaban J connectivity index is 2.50. The minimum Gasteiger partial charge on any atom is -0.477 e. The Bertz CT molecular complexity index is 680. The Morgan fingerprint density at radius 2 is 2.14 bits per heavy atom. The first-order valence-corrected chi connectivity index (χ1v) is 8.67. The van der Waals surface area contributed by atoms with Gasteiger partial charge in [0.05, 0.1) is 0 Å². The molecule has 21 heavy (non-hydrogen) atoms. The molecule has 2 heterocycles. The van der Waals surface area contributed by atoms with E-state index in [0.29, 0.717) is 18.4 Å². The number of hydrogen-bond donors (Lipinski definition) is 2. The van der Waals surface area contributed by atoms with Gasteiger partial charge in [0.15, 0.2) is 0 Å². The fraction of sp³-hybridized carbons (Fsp3) is 0.500. The molecule has 0 aliphatic carbocycles. The van der Waals surface area contributed by atoms with E-state index in [-0.39, 0.29) is 22.2 Å². The number of sulfonamides is 1. The third-order valence-corrected chi connectivity index (χ3v) is 6.74. The Kier molecular flexibility index (Phi) is 4.35. The fourth-order valence-corrected chi connectivity index (χ4v) is 5.72. The second kappa shape index (κ2) is 5.74. The van der Waals surface area contributed by atoms with E-state index in [1.165, 1.54) is 12.4 Å². The largest absolute Gasteiger partial charge is 0.477 e.